The summed E-state index contributed by atoms with van der Waals surface area (Å²) in [6.07, 6.45) is 3.52. The Balaban J connectivity index is 2.92. The second kappa shape index (κ2) is 2.48. The summed E-state index contributed by atoms with van der Waals surface area (Å²) in [5.74, 6) is 0. The van der Waals surface area contributed by atoms with Crippen molar-refractivity contribution in [3.63, 3.8) is 0 Å². The van der Waals surface area contributed by atoms with Crippen LogP contribution in [0.1, 0.15) is 0 Å². The molecule has 0 amide bonds. The third-order valence-electron chi connectivity index (χ3n) is 1.87. The summed E-state index contributed by atoms with van der Waals surface area (Å²) in [6, 6.07) is 3.82. The van der Waals surface area contributed by atoms with E-state index in [0.29, 0.717) is 0 Å². The molecular formula is C8H8BrN2O+. The summed E-state index contributed by atoms with van der Waals surface area (Å²) in [5.41, 5.74) is 1.80. The first kappa shape index (κ1) is 7.61. The Labute approximate surface area is 77.9 Å². The van der Waals surface area contributed by atoms with Crippen LogP contribution in [0, 0.1) is 0 Å². The molecule has 2 rings (SSSR count). The van der Waals surface area contributed by atoms with Crippen molar-refractivity contribution in [1.29, 1.82) is 0 Å². The molecule has 2 heterocycles. The van der Waals surface area contributed by atoms with Gasteiger partial charge in [-0.2, -0.15) is 0 Å². The Morgan fingerprint density at radius 3 is 3.08 bits per heavy atom. The van der Waals surface area contributed by atoms with Gasteiger partial charge in [0.25, 0.3) is 5.52 Å². The number of aryl methyl sites for hydroxylation is 1. The van der Waals surface area contributed by atoms with E-state index in [0.717, 1.165) is 20.2 Å². The van der Waals surface area contributed by atoms with E-state index in [1.165, 1.54) is 0 Å². The summed E-state index contributed by atoms with van der Waals surface area (Å²) in [6.45, 7) is 0. The van der Waals surface area contributed by atoms with Gasteiger partial charge in [-0.15, -0.1) is 0 Å². The maximum Gasteiger partial charge on any atom is 0.282 e. The van der Waals surface area contributed by atoms with Gasteiger partial charge in [-0.3, -0.25) is 5.21 Å². The van der Waals surface area contributed by atoms with Gasteiger partial charge in [0.2, 0.25) is 6.20 Å². The molecule has 0 aliphatic rings. The molecular weight excluding hydrogens is 220 g/mol. The van der Waals surface area contributed by atoms with Crippen molar-refractivity contribution in [3.8, 4) is 0 Å². The van der Waals surface area contributed by atoms with Crippen LogP contribution >= 0.6 is 15.9 Å². The number of hydrogen-bond acceptors (Lipinski definition) is 1. The number of aromatic nitrogens is 2. The van der Waals surface area contributed by atoms with Crippen LogP contribution in [0.5, 0.6) is 0 Å². The van der Waals surface area contributed by atoms with Crippen LogP contribution in [0.25, 0.3) is 11.0 Å². The van der Waals surface area contributed by atoms with Crippen molar-refractivity contribution in [2.45, 2.75) is 0 Å². The monoisotopic (exact) mass is 227 g/mol. The highest BCUT2D eigenvalue weighted by Gasteiger charge is 2.11. The van der Waals surface area contributed by atoms with Gasteiger partial charge in [-0.25, -0.2) is 0 Å². The average Bonchev–Trinajstić information content (AvgIpc) is 2.33. The lowest BCUT2D eigenvalue weighted by Gasteiger charge is -1.92. The normalized spacial score (nSPS) is 10.8. The predicted octanol–water partition coefficient (Wildman–Crippen LogP) is 1.47. The summed E-state index contributed by atoms with van der Waals surface area (Å²) >= 11 is 3.31. The molecule has 1 N–H and O–H groups in total. The minimum Gasteiger partial charge on any atom is -0.345 e. The molecule has 0 aliphatic carbocycles. The van der Waals surface area contributed by atoms with E-state index in [-0.39, 0.29) is 0 Å². The molecule has 0 saturated heterocycles. The standard InChI is InChI=1S/C8H8BrN2O/c1-10-3-2-7-8(10)4-6(9)5-11(7)12/h2-5,12H,1H3/q+1. The van der Waals surface area contributed by atoms with Gasteiger partial charge >= 0.3 is 0 Å². The van der Waals surface area contributed by atoms with Gasteiger partial charge in [-0.05, 0) is 22.0 Å². The van der Waals surface area contributed by atoms with Crippen LogP contribution in [-0.4, -0.2) is 9.77 Å². The fourth-order valence-electron chi connectivity index (χ4n) is 1.25. The van der Waals surface area contributed by atoms with Crippen molar-refractivity contribution in [2.24, 2.45) is 7.05 Å². The molecule has 0 saturated carbocycles. The second-order valence-electron chi connectivity index (χ2n) is 2.70. The Bertz CT molecular complexity index is 436. The molecule has 0 fully saturated rings. The quantitative estimate of drug-likeness (QED) is 0.536. The molecule has 2 aromatic heterocycles. The van der Waals surface area contributed by atoms with E-state index in [4.69, 9.17) is 0 Å². The van der Waals surface area contributed by atoms with E-state index in [1.54, 1.807) is 6.20 Å². The van der Waals surface area contributed by atoms with Crippen molar-refractivity contribution in [2.75, 3.05) is 0 Å². The number of fused-ring (bicyclic) bond motifs is 1. The first-order valence-electron chi connectivity index (χ1n) is 3.54. The smallest absolute Gasteiger partial charge is 0.282 e. The maximum atomic E-state index is 9.44. The van der Waals surface area contributed by atoms with Gasteiger partial charge in [0.15, 0.2) is 0 Å². The van der Waals surface area contributed by atoms with Crippen LogP contribution in [0.3, 0.4) is 0 Å². The van der Waals surface area contributed by atoms with Crippen molar-refractivity contribution >= 4 is 27.0 Å². The highest BCUT2D eigenvalue weighted by Crippen LogP contribution is 2.15. The zero-order valence-corrected chi connectivity index (χ0v) is 8.12. The lowest BCUT2D eigenvalue weighted by Crippen LogP contribution is -2.29. The van der Waals surface area contributed by atoms with E-state index < -0.39 is 0 Å². The Morgan fingerprint density at radius 1 is 1.58 bits per heavy atom. The Morgan fingerprint density at radius 2 is 2.33 bits per heavy atom. The zero-order valence-electron chi connectivity index (χ0n) is 6.53. The lowest BCUT2D eigenvalue weighted by molar-refractivity contribution is -0.885. The summed E-state index contributed by atoms with van der Waals surface area (Å²) in [5, 5.41) is 9.44. The average molecular weight is 228 g/mol. The minimum absolute atomic E-state index is 0.806. The molecule has 3 nitrogen and oxygen atoms in total. The van der Waals surface area contributed by atoms with Crippen LogP contribution in [0.2, 0.25) is 0 Å². The van der Waals surface area contributed by atoms with E-state index >= 15 is 0 Å². The molecule has 0 bridgehead atoms. The molecule has 0 unspecified atom stereocenters. The number of hydrogen-bond donors (Lipinski definition) is 1. The fourth-order valence-corrected chi connectivity index (χ4v) is 1.66. The molecule has 12 heavy (non-hydrogen) atoms. The van der Waals surface area contributed by atoms with Crippen LogP contribution in [0.4, 0.5) is 0 Å². The van der Waals surface area contributed by atoms with Gasteiger partial charge in [-0.1, -0.05) is 0 Å². The minimum atomic E-state index is 0.806. The SMILES string of the molecule is Cn1ccc2c1cc(Br)c[n+]2O. The lowest BCUT2D eigenvalue weighted by atomic mass is 10.4. The predicted molar refractivity (Wildman–Crippen MR) is 48.0 cm³/mol. The van der Waals surface area contributed by atoms with Crippen molar-refractivity contribution in [3.05, 3.63) is 29.0 Å². The van der Waals surface area contributed by atoms with Gasteiger partial charge in [0.1, 0.15) is 5.52 Å². The summed E-state index contributed by atoms with van der Waals surface area (Å²) in [7, 11) is 1.94. The molecule has 0 spiro atoms. The van der Waals surface area contributed by atoms with Crippen LogP contribution in [0.15, 0.2) is 29.0 Å². The summed E-state index contributed by atoms with van der Waals surface area (Å²) < 4.78 is 3.92. The zero-order chi connectivity index (χ0) is 8.72. The number of nitrogens with zero attached hydrogens (tertiary/aromatic N) is 2. The van der Waals surface area contributed by atoms with Gasteiger partial charge < -0.3 is 4.57 Å². The Hall–Kier alpha value is -1.03. The number of halogens is 1. The highest BCUT2D eigenvalue weighted by molar-refractivity contribution is 9.10. The molecule has 0 atom stereocenters. The largest absolute Gasteiger partial charge is 0.345 e. The molecule has 62 valence electrons. The molecule has 2 aromatic rings. The van der Waals surface area contributed by atoms with Gasteiger partial charge in [0, 0.05) is 24.0 Å². The van der Waals surface area contributed by atoms with Gasteiger partial charge in [0.05, 0.1) is 4.47 Å². The Kier molecular flexibility index (Phi) is 1.58. The van der Waals surface area contributed by atoms with E-state index in [9.17, 15) is 5.21 Å². The van der Waals surface area contributed by atoms with Crippen molar-refractivity contribution < 1.29 is 9.94 Å². The molecule has 4 heteroatoms. The molecule has 0 radical (unpaired) electrons. The molecule has 0 aliphatic heterocycles. The van der Waals surface area contributed by atoms with Crippen LogP contribution < -0.4 is 4.73 Å². The third kappa shape index (κ3) is 0.992. The maximum absolute atomic E-state index is 9.44. The fraction of sp³-hybridized carbons (Fsp3) is 0.125. The first-order chi connectivity index (χ1) is 5.68. The third-order valence-corrected chi connectivity index (χ3v) is 2.30. The topological polar surface area (TPSA) is 29.0 Å². The number of pyridine rings is 1. The van der Waals surface area contributed by atoms with Crippen LogP contribution in [-0.2, 0) is 7.05 Å². The van der Waals surface area contributed by atoms with E-state index in [2.05, 4.69) is 15.9 Å². The highest BCUT2D eigenvalue weighted by atomic mass is 79.9. The van der Waals surface area contributed by atoms with Crippen molar-refractivity contribution in [1.82, 2.24) is 4.57 Å². The summed E-state index contributed by atoms with van der Waals surface area (Å²) in [4.78, 5) is 0. The first-order valence-corrected chi connectivity index (χ1v) is 4.33. The number of rotatable bonds is 0. The molecule has 0 aromatic carbocycles. The van der Waals surface area contributed by atoms with E-state index in [1.807, 2.05) is 29.9 Å². The second-order valence-corrected chi connectivity index (χ2v) is 3.62.